The summed E-state index contributed by atoms with van der Waals surface area (Å²) in [5.74, 6) is 0.930. The lowest BCUT2D eigenvalue weighted by Gasteiger charge is -2.40. The Morgan fingerprint density at radius 3 is 2.18 bits per heavy atom. The predicted molar refractivity (Wildman–Crippen MR) is 94.4 cm³/mol. The van der Waals surface area contributed by atoms with Gasteiger partial charge >= 0.3 is 8.80 Å². The van der Waals surface area contributed by atoms with Crippen LogP contribution in [0.15, 0.2) is 29.2 Å². The van der Waals surface area contributed by atoms with Crippen molar-refractivity contribution in [2.75, 3.05) is 30.6 Å². The summed E-state index contributed by atoms with van der Waals surface area (Å²) >= 11 is 1.87. The summed E-state index contributed by atoms with van der Waals surface area (Å²) in [6.45, 7) is 10.1. The van der Waals surface area contributed by atoms with Crippen LogP contribution in [0.25, 0.3) is 0 Å². The van der Waals surface area contributed by atoms with Gasteiger partial charge in [-0.2, -0.15) is 0 Å². The molecule has 4 nitrogen and oxygen atoms in total. The van der Waals surface area contributed by atoms with Crippen molar-refractivity contribution >= 4 is 26.3 Å². The van der Waals surface area contributed by atoms with Crippen LogP contribution < -0.4 is 4.90 Å². The topological polar surface area (TPSA) is 30.9 Å². The van der Waals surface area contributed by atoms with Crippen LogP contribution >= 0.6 is 11.8 Å². The standard InChI is InChI=1S/C16H27NO3SSi/c1-5-16(22(18-6-2,19-7-3)20-8-4)17-13-21-15-12-10-9-11-14(15)17/h9-12,16H,5-8,13H2,1-4H3. The monoisotopic (exact) mass is 341 g/mol. The highest BCUT2D eigenvalue weighted by atomic mass is 32.2. The van der Waals surface area contributed by atoms with E-state index in [0.29, 0.717) is 19.8 Å². The first-order chi connectivity index (χ1) is 10.7. The molecule has 0 fully saturated rings. The second kappa shape index (κ2) is 8.36. The number of hydrogen-bond donors (Lipinski definition) is 0. The predicted octanol–water partition coefficient (Wildman–Crippen LogP) is 3.92. The smallest absolute Gasteiger partial charge is 0.373 e. The fourth-order valence-corrected chi connectivity index (χ4v) is 7.35. The van der Waals surface area contributed by atoms with Gasteiger partial charge in [0.2, 0.25) is 0 Å². The highest BCUT2D eigenvalue weighted by Gasteiger charge is 2.52. The first-order valence-corrected chi connectivity index (χ1v) is 10.9. The van der Waals surface area contributed by atoms with E-state index in [4.69, 9.17) is 13.3 Å². The van der Waals surface area contributed by atoms with Crippen LogP contribution in [0, 0.1) is 0 Å². The Kier molecular flexibility index (Phi) is 6.77. The zero-order chi connectivity index (χ0) is 16.0. The highest BCUT2D eigenvalue weighted by Crippen LogP contribution is 2.41. The largest absolute Gasteiger partial charge is 0.524 e. The molecular weight excluding hydrogens is 314 g/mol. The average molecular weight is 342 g/mol. The van der Waals surface area contributed by atoms with Crippen molar-refractivity contribution in [2.24, 2.45) is 0 Å². The molecule has 0 amide bonds. The molecule has 0 radical (unpaired) electrons. The van der Waals surface area contributed by atoms with Gasteiger partial charge in [0, 0.05) is 24.7 Å². The van der Waals surface area contributed by atoms with Crippen molar-refractivity contribution in [3.63, 3.8) is 0 Å². The Bertz CT molecular complexity index is 457. The van der Waals surface area contributed by atoms with Crippen LogP contribution in [0.2, 0.25) is 0 Å². The van der Waals surface area contributed by atoms with Crippen LogP contribution in [0.4, 0.5) is 5.69 Å². The van der Waals surface area contributed by atoms with E-state index >= 15 is 0 Å². The van der Waals surface area contributed by atoms with Crippen molar-refractivity contribution in [1.29, 1.82) is 0 Å². The number of para-hydroxylation sites is 1. The van der Waals surface area contributed by atoms with Crippen LogP contribution in [-0.2, 0) is 13.3 Å². The first-order valence-electron chi connectivity index (χ1n) is 8.12. The third kappa shape index (κ3) is 3.51. The number of hydrogen-bond acceptors (Lipinski definition) is 5. The summed E-state index contributed by atoms with van der Waals surface area (Å²) in [5, 5.41) is 0. The van der Waals surface area contributed by atoms with E-state index in [1.54, 1.807) is 0 Å². The molecule has 124 valence electrons. The minimum atomic E-state index is -2.75. The van der Waals surface area contributed by atoms with Gasteiger partial charge in [0.25, 0.3) is 0 Å². The third-order valence-corrected chi connectivity index (χ3v) is 8.41. The van der Waals surface area contributed by atoms with E-state index in [1.807, 2.05) is 32.5 Å². The Balaban J connectivity index is 2.34. The van der Waals surface area contributed by atoms with Gasteiger partial charge in [-0.25, -0.2) is 0 Å². The molecule has 0 N–H and O–H groups in total. The van der Waals surface area contributed by atoms with E-state index in [-0.39, 0.29) is 5.67 Å². The number of thioether (sulfide) groups is 1. The van der Waals surface area contributed by atoms with Crippen molar-refractivity contribution < 1.29 is 13.3 Å². The molecule has 1 aromatic rings. The van der Waals surface area contributed by atoms with Gasteiger partial charge in [0.1, 0.15) is 0 Å². The summed E-state index contributed by atoms with van der Waals surface area (Å²) in [5.41, 5.74) is 1.43. The lowest BCUT2D eigenvalue weighted by Crippen LogP contribution is -2.62. The molecule has 0 aliphatic carbocycles. The molecule has 1 unspecified atom stereocenters. The molecule has 1 aliphatic heterocycles. The lowest BCUT2D eigenvalue weighted by atomic mass is 10.3. The van der Waals surface area contributed by atoms with Gasteiger partial charge in [0.05, 0.1) is 17.2 Å². The summed E-state index contributed by atoms with van der Waals surface area (Å²) in [6.07, 6.45) is 0.946. The maximum atomic E-state index is 6.13. The molecule has 1 atom stereocenters. The molecule has 1 aromatic carbocycles. The summed E-state index contributed by atoms with van der Waals surface area (Å²) in [6, 6.07) is 8.54. The zero-order valence-corrected chi connectivity index (χ0v) is 15.8. The highest BCUT2D eigenvalue weighted by molar-refractivity contribution is 7.99. The molecule has 0 saturated heterocycles. The van der Waals surface area contributed by atoms with Crippen molar-refractivity contribution in [2.45, 2.75) is 44.7 Å². The summed E-state index contributed by atoms with van der Waals surface area (Å²) < 4.78 is 18.4. The van der Waals surface area contributed by atoms with Crippen LogP contribution in [0.3, 0.4) is 0 Å². The Morgan fingerprint density at radius 2 is 1.64 bits per heavy atom. The fourth-order valence-electron chi connectivity index (χ4n) is 2.96. The number of nitrogens with zero attached hydrogens (tertiary/aromatic N) is 1. The number of rotatable bonds is 9. The Labute approximate surface area is 139 Å². The Morgan fingerprint density at radius 1 is 1.05 bits per heavy atom. The van der Waals surface area contributed by atoms with Gasteiger partial charge in [-0.15, -0.1) is 11.8 Å². The minimum Gasteiger partial charge on any atom is -0.373 e. The minimum absolute atomic E-state index is 0.156. The molecule has 0 spiro atoms. The van der Waals surface area contributed by atoms with E-state index in [0.717, 1.165) is 12.3 Å². The third-order valence-electron chi connectivity index (χ3n) is 3.74. The first kappa shape index (κ1) is 17.8. The van der Waals surface area contributed by atoms with Gasteiger partial charge in [-0.05, 0) is 39.3 Å². The molecule has 1 heterocycles. The van der Waals surface area contributed by atoms with E-state index in [9.17, 15) is 0 Å². The van der Waals surface area contributed by atoms with Crippen LogP contribution in [0.5, 0.6) is 0 Å². The van der Waals surface area contributed by atoms with Crippen molar-refractivity contribution in [3.8, 4) is 0 Å². The van der Waals surface area contributed by atoms with E-state index in [2.05, 4.69) is 36.1 Å². The van der Waals surface area contributed by atoms with E-state index in [1.165, 1.54) is 10.6 Å². The van der Waals surface area contributed by atoms with Crippen LogP contribution in [-0.4, -0.2) is 40.2 Å². The van der Waals surface area contributed by atoms with Crippen LogP contribution in [0.1, 0.15) is 34.1 Å². The van der Waals surface area contributed by atoms with Crippen molar-refractivity contribution in [3.05, 3.63) is 24.3 Å². The van der Waals surface area contributed by atoms with Gasteiger partial charge in [-0.1, -0.05) is 19.1 Å². The maximum Gasteiger partial charge on any atom is 0.524 e. The summed E-state index contributed by atoms with van der Waals surface area (Å²) in [7, 11) is -2.75. The quantitative estimate of drug-likeness (QED) is 0.635. The summed E-state index contributed by atoms with van der Waals surface area (Å²) in [4.78, 5) is 3.74. The average Bonchev–Trinajstić information content (AvgIpc) is 2.93. The molecule has 2 rings (SSSR count). The SMILES string of the molecule is CCO[Si](OCC)(OCC)C(CC)N1CSc2ccccc21. The van der Waals surface area contributed by atoms with Gasteiger partial charge < -0.3 is 18.2 Å². The van der Waals surface area contributed by atoms with Gasteiger partial charge in [0.15, 0.2) is 0 Å². The normalized spacial score (nSPS) is 15.9. The molecule has 0 aromatic heterocycles. The molecular formula is C16H27NO3SSi. The number of fused-ring (bicyclic) bond motifs is 1. The maximum absolute atomic E-state index is 6.13. The second-order valence-electron chi connectivity index (χ2n) is 5.04. The second-order valence-corrected chi connectivity index (χ2v) is 8.76. The number of anilines is 1. The molecule has 1 aliphatic rings. The van der Waals surface area contributed by atoms with E-state index < -0.39 is 8.80 Å². The molecule has 0 saturated carbocycles. The molecule has 22 heavy (non-hydrogen) atoms. The fraction of sp³-hybridized carbons (Fsp3) is 0.625. The lowest BCUT2D eigenvalue weighted by molar-refractivity contribution is 0.0612. The number of benzene rings is 1. The zero-order valence-electron chi connectivity index (χ0n) is 14.0. The Hall–Kier alpha value is -0.533. The molecule has 6 heteroatoms. The van der Waals surface area contributed by atoms with Gasteiger partial charge in [-0.3, -0.25) is 0 Å². The molecule has 0 bridgehead atoms. The van der Waals surface area contributed by atoms with Crippen molar-refractivity contribution in [1.82, 2.24) is 0 Å².